The van der Waals surface area contributed by atoms with Gasteiger partial charge in [0.05, 0.1) is 7.11 Å². The summed E-state index contributed by atoms with van der Waals surface area (Å²) in [6.07, 6.45) is 0. The Morgan fingerprint density at radius 2 is 1.71 bits per heavy atom. The molecule has 0 aromatic heterocycles. The van der Waals surface area contributed by atoms with E-state index in [9.17, 15) is 4.79 Å². The van der Waals surface area contributed by atoms with Crippen molar-refractivity contribution >= 4 is 5.91 Å². The molecule has 3 rings (SSSR count). The van der Waals surface area contributed by atoms with Gasteiger partial charge < -0.3 is 20.1 Å². The second kappa shape index (κ2) is 10.1. The number of benzene rings is 3. The van der Waals surface area contributed by atoms with Gasteiger partial charge in [0.2, 0.25) is 5.91 Å². The molecule has 0 aliphatic heterocycles. The number of carbonyl (C=O) groups excluding carboxylic acids is 1. The highest BCUT2D eigenvalue weighted by atomic mass is 16.5. The normalized spacial score (nSPS) is 11.0. The number of hydrogen-bond donors (Lipinski definition) is 1. The molecule has 162 valence electrons. The molecule has 0 fully saturated rings. The Bertz CT molecular complexity index is 1030. The number of primary amides is 1. The molecular formula is C26H30N2O3. The SMILES string of the molecule is COc1ccc(-c2cc(-c3ccccc3)ccc2C(N)=O)c(OCCN(C)C(C)C)c1. The van der Waals surface area contributed by atoms with E-state index < -0.39 is 5.91 Å². The Hall–Kier alpha value is -3.31. The Kier molecular flexibility index (Phi) is 7.32. The number of rotatable bonds is 9. The van der Waals surface area contributed by atoms with Gasteiger partial charge in [-0.25, -0.2) is 0 Å². The summed E-state index contributed by atoms with van der Waals surface area (Å²) < 4.78 is 11.6. The first kappa shape index (κ1) is 22.4. The van der Waals surface area contributed by atoms with Crippen molar-refractivity contribution < 1.29 is 14.3 Å². The van der Waals surface area contributed by atoms with Crippen LogP contribution < -0.4 is 15.2 Å². The lowest BCUT2D eigenvalue weighted by atomic mass is 9.93. The van der Waals surface area contributed by atoms with Crippen molar-refractivity contribution in [1.29, 1.82) is 0 Å². The second-order valence-corrected chi connectivity index (χ2v) is 7.78. The number of carbonyl (C=O) groups is 1. The van der Waals surface area contributed by atoms with Crippen LogP contribution in [0.5, 0.6) is 11.5 Å². The third-order valence-corrected chi connectivity index (χ3v) is 5.45. The van der Waals surface area contributed by atoms with Crippen molar-refractivity contribution in [3.05, 3.63) is 72.3 Å². The first-order valence-corrected chi connectivity index (χ1v) is 10.4. The lowest BCUT2D eigenvalue weighted by Gasteiger charge is -2.22. The van der Waals surface area contributed by atoms with Crippen LogP contribution in [0.2, 0.25) is 0 Å². The van der Waals surface area contributed by atoms with Crippen LogP contribution in [0, 0.1) is 0 Å². The van der Waals surface area contributed by atoms with Gasteiger partial charge in [0.25, 0.3) is 0 Å². The molecule has 0 bridgehead atoms. The van der Waals surface area contributed by atoms with Crippen LogP contribution in [0.15, 0.2) is 66.7 Å². The predicted molar refractivity (Wildman–Crippen MR) is 126 cm³/mol. The number of ether oxygens (including phenoxy) is 2. The van der Waals surface area contributed by atoms with Crippen LogP contribution in [0.25, 0.3) is 22.3 Å². The molecule has 0 radical (unpaired) electrons. The summed E-state index contributed by atoms with van der Waals surface area (Å²) in [6, 6.07) is 21.8. The third-order valence-electron chi connectivity index (χ3n) is 5.45. The van der Waals surface area contributed by atoms with Gasteiger partial charge >= 0.3 is 0 Å². The third kappa shape index (κ3) is 5.44. The van der Waals surface area contributed by atoms with Gasteiger partial charge in [-0.1, -0.05) is 36.4 Å². The molecule has 0 aliphatic rings. The average molecular weight is 419 g/mol. The largest absolute Gasteiger partial charge is 0.497 e. The highest BCUT2D eigenvalue weighted by Gasteiger charge is 2.17. The van der Waals surface area contributed by atoms with E-state index in [0.29, 0.717) is 29.7 Å². The minimum Gasteiger partial charge on any atom is -0.497 e. The standard InChI is InChI=1S/C26H30N2O3/c1-18(2)28(3)14-15-31-25-17-21(30-4)11-13-22(25)24-16-20(10-12-23(24)26(27)29)19-8-6-5-7-9-19/h5-13,16-18H,14-15H2,1-4H3,(H2,27,29). The zero-order valence-electron chi connectivity index (χ0n) is 18.6. The topological polar surface area (TPSA) is 64.8 Å². The Morgan fingerprint density at radius 1 is 0.968 bits per heavy atom. The molecule has 0 heterocycles. The molecule has 5 nitrogen and oxygen atoms in total. The van der Waals surface area contributed by atoms with Crippen molar-refractivity contribution in [1.82, 2.24) is 4.90 Å². The number of nitrogens with zero attached hydrogens (tertiary/aromatic N) is 1. The van der Waals surface area contributed by atoms with Crippen molar-refractivity contribution in [2.24, 2.45) is 5.73 Å². The Labute approximate surface area is 184 Å². The minimum atomic E-state index is -0.476. The lowest BCUT2D eigenvalue weighted by molar-refractivity contribution is 0.100. The quantitative estimate of drug-likeness (QED) is 0.540. The van der Waals surface area contributed by atoms with Crippen molar-refractivity contribution in [2.45, 2.75) is 19.9 Å². The van der Waals surface area contributed by atoms with Crippen LogP contribution in [0.4, 0.5) is 0 Å². The first-order chi connectivity index (χ1) is 14.9. The van der Waals surface area contributed by atoms with Crippen LogP contribution in [0.1, 0.15) is 24.2 Å². The number of methoxy groups -OCH3 is 1. The van der Waals surface area contributed by atoms with Gasteiger partial charge in [-0.05, 0) is 61.9 Å². The molecule has 0 spiro atoms. The maximum Gasteiger partial charge on any atom is 0.249 e. The summed E-state index contributed by atoms with van der Waals surface area (Å²) >= 11 is 0. The molecule has 0 atom stereocenters. The summed E-state index contributed by atoms with van der Waals surface area (Å²) in [4.78, 5) is 14.4. The van der Waals surface area contributed by atoms with E-state index in [4.69, 9.17) is 15.2 Å². The van der Waals surface area contributed by atoms with Crippen LogP contribution >= 0.6 is 0 Å². The zero-order valence-corrected chi connectivity index (χ0v) is 18.6. The van der Waals surface area contributed by atoms with Crippen LogP contribution in [0.3, 0.4) is 0 Å². The van der Waals surface area contributed by atoms with E-state index in [1.54, 1.807) is 13.2 Å². The molecular weight excluding hydrogens is 388 g/mol. The number of hydrogen-bond acceptors (Lipinski definition) is 4. The molecule has 1 amide bonds. The van der Waals surface area contributed by atoms with Crippen LogP contribution in [-0.2, 0) is 0 Å². The predicted octanol–water partition coefficient (Wildman–Crippen LogP) is 4.85. The molecule has 0 saturated heterocycles. The number of nitrogens with two attached hydrogens (primary N) is 1. The van der Waals surface area contributed by atoms with E-state index >= 15 is 0 Å². The minimum absolute atomic E-state index is 0.428. The van der Waals surface area contributed by atoms with Crippen molar-refractivity contribution in [3.8, 4) is 33.8 Å². The molecule has 3 aromatic rings. The molecule has 31 heavy (non-hydrogen) atoms. The van der Waals surface area contributed by atoms with Crippen LogP contribution in [-0.4, -0.2) is 44.2 Å². The summed E-state index contributed by atoms with van der Waals surface area (Å²) in [5.41, 5.74) is 9.77. The van der Waals surface area contributed by atoms with E-state index in [2.05, 4.69) is 25.8 Å². The van der Waals surface area contributed by atoms with Gasteiger partial charge in [-0.2, -0.15) is 0 Å². The van der Waals surface area contributed by atoms with Gasteiger partial charge in [0, 0.05) is 29.8 Å². The summed E-state index contributed by atoms with van der Waals surface area (Å²) in [5, 5.41) is 0. The lowest BCUT2D eigenvalue weighted by Crippen LogP contribution is -2.30. The van der Waals surface area contributed by atoms with E-state index in [1.807, 2.05) is 60.7 Å². The Balaban J connectivity index is 2.04. The maximum atomic E-state index is 12.2. The highest BCUT2D eigenvalue weighted by molar-refractivity contribution is 6.01. The maximum absolute atomic E-state index is 12.2. The van der Waals surface area contributed by atoms with Gasteiger partial charge in [0.15, 0.2) is 0 Å². The zero-order chi connectivity index (χ0) is 22.4. The average Bonchev–Trinajstić information content (AvgIpc) is 2.79. The second-order valence-electron chi connectivity index (χ2n) is 7.78. The fourth-order valence-corrected chi connectivity index (χ4v) is 3.32. The van der Waals surface area contributed by atoms with Gasteiger partial charge in [0.1, 0.15) is 18.1 Å². The first-order valence-electron chi connectivity index (χ1n) is 10.4. The molecule has 0 aliphatic carbocycles. The highest BCUT2D eigenvalue weighted by Crippen LogP contribution is 2.37. The molecule has 0 saturated carbocycles. The fraction of sp³-hybridized carbons (Fsp3) is 0.269. The number of amides is 1. The van der Waals surface area contributed by atoms with Gasteiger partial charge in [-0.15, -0.1) is 0 Å². The van der Waals surface area contributed by atoms with Crippen molar-refractivity contribution in [3.63, 3.8) is 0 Å². The monoisotopic (exact) mass is 418 g/mol. The summed E-state index contributed by atoms with van der Waals surface area (Å²) in [5.74, 6) is 0.871. The fourth-order valence-electron chi connectivity index (χ4n) is 3.32. The number of likely N-dealkylation sites (N-methyl/N-ethyl adjacent to an activating group) is 1. The molecule has 5 heteroatoms. The summed E-state index contributed by atoms with van der Waals surface area (Å²) in [6.45, 7) is 5.58. The van der Waals surface area contributed by atoms with Gasteiger partial charge in [-0.3, -0.25) is 4.79 Å². The molecule has 3 aromatic carbocycles. The van der Waals surface area contributed by atoms with E-state index in [-0.39, 0.29) is 0 Å². The molecule has 2 N–H and O–H groups in total. The molecule has 0 unspecified atom stereocenters. The van der Waals surface area contributed by atoms with Crippen molar-refractivity contribution in [2.75, 3.05) is 27.3 Å². The summed E-state index contributed by atoms with van der Waals surface area (Å²) in [7, 11) is 3.69. The van der Waals surface area contributed by atoms with E-state index in [1.165, 1.54) is 0 Å². The van der Waals surface area contributed by atoms with E-state index in [0.717, 1.165) is 28.8 Å². The Morgan fingerprint density at radius 3 is 2.35 bits per heavy atom. The smallest absolute Gasteiger partial charge is 0.249 e.